The third kappa shape index (κ3) is 3.51. The van der Waals surface area contributed by atoms with Gasteiger partial charge in [0.05, 0.1) is 10.6 Å². The molecule has 1 aliphatic rings. The normalized spacial score (nSPS) is 15.7. The van der Waals surface area contributed by atoms with Crippen LogP contribution in [0, 0.1) is 5.41 Å². The maximum absolute atomic E-state index is 12.2. The van der Waals surface area contributed by atoms with E-state index in [0.29, 0.717) is 28.0 Å². The van der Waals surface area contributed by atoms with Crippen molar-refractivity contribution < 1.29 is 14.4 Å². The molecular formula is C15H16N4O3S2. The summed E-state index contributed by atoms with van der Waals surface area (Å²) in [5.41, 5.74) is 0.832. The highest BCUT2D eigenvalue weighted by atomic mass is 32.1. The molecule has 2 heterocycles. The first-order valence-electron chi connectivity index (χ1n) is 7.31. The number of amides is 2. The first-order chi connectivity index (χ1) is 11.2. The number of nitrogens with one attached hydrogen (secondary N) is 2. The molecule has 0 saturated heterocycles. The molecule has 0 aliphatic heterocycles. The number of fused-ring (bicyclic) bond motifs is 1. The number of hydrogen-bond donors (Lipinski definition) is 2. The molecule has 0 fully saturated rings. The monoisotopic (exact) mass is 364 g/mol. The van der Waals surface area contributed by atoms with Crippen LogP contribution < -0.4 is 10.6 Å². The van der Waals surface area contributed by atoms with E-state index in [0.717, 1.165) is 5.69 Å². The lowest BCUT2D eigenvalue weighted by Gasteiger charge is -2.26. The summed E-state index contributed by atoms with van der Waals surface area (Å²) in [6.07, 6.45) is 1.20. The van der Waals surface area contributed by atoms with Gasteiger partial charge in [0.1, 0.15) is 5.69 Å². The lowest BCUT2D eigenvalue weighted by Crippen LogP contribution is -2.26. The Labute approximate surface area is 146 Å². The number of rotatable bonds is 3. The van der Waals surface area contributed by atoms with Gasteiger partial charge in [-0.3, -0.25) is 19.7 Å². The van der Waals surface area contributed by atoms with Crippen LogP contribution in [0.5, 0.6) is 0 Å². The Kier molecular flexibility index (Phi) is 4.22. The predicted octanol–water partition coefficient (Wildman–Crippen LogP) is 2.97. The molecule has 0 radical (unpaired) electrons. The molecule has 2 aromatic rings. The van der Waals surface area contributed by atoms with E-state index >= 15 is 0 Å². The highest BCUT2D eigenvalue weighted by Gasteiger charge is 2.34. The number of carbonyl (C=O) groups is 3. The maximum atomic E-state index is 12.2. The van der Waals surface area contributed by atoms with E-state index in [1.54, 1.807) is 5.38 Å². The number of aromatic nitrogens is 2. The molecule has 0 spiro atoms. The zero-order valence-corrected chi connectivity index (χ0v) is 15.1. The van der Waals surface area contributed by atoms with Crippen molar-refractivity contribution in [3.63, 3.8) is 0 Å². The second kappa shape index (κ2) is 6.06. The zero-order chi connectivity index (χ0) is 17.5. The molecule has 2 amide bonds. The Morgan fingerprint density at radius 3 is 2.62 bits per heavy atom. The first-order valence-corrected chi connectivity index (χ1v) is 9.00. The SMILES string of the molecule is CC(=O)Nc1nc(C(=O)Nc2nc3c(s2)C(=O)CC(C)(C)C3)cs1. The van der Waals surface area contributed by atoms with Gasteiger partial charge in [-0.05, 0) is 11.8 Å². The van der Waals surface area contributed by atoms with Gasteiger partial charge in [0.15, 0.2) is 16.0 Å². The lowest BCUT2D eigenvalue weighted by atomic mass is 9.78. The third-order valence-electron chi connectivity index (χ3n) is 3.48. The number of anilines is 2. The van der Waals surface area contributed by atoms with E-state index in [2.05, 4.69) is 20.6 Å². The molecule has 0 aromatic carbocycles. The van der Waals surface area contributed by atoms with Crippen molar-refractivity contribution in [1.82, 2.24) is 9.97 Å². The minimum absolute atomic E-state index is 0.0702. The van der Waals surface area contributed by atoms with E-state index in [4.69, 9.17) is 0 Å². The molecule has 126 valence electrons. The molecule has 0 atom stereocenters. The topological polar surface area (TPSA) is 101 Å². The van der Waals surface area contributed by atoms with E-state index < -0.39 is 5.91 Å². The van der Waals surface area contributed by atoms with Crippen LogP contribution in [0.15, 0.2) is 5.38 Å². The number of nitrogens with zero attached hydrogens (tertiary/aromatic N) is 2. The van der Waals surface area contributed by atoms with Gasteiger partial charge in [0.25, 0.3) is 5.91 Å². The summed E-state index contributed by atoms with van der Waals surface area (Å²) in [6, 6.07) is 0. The van der Waals surface area contributed by atoms with Crippen molar-refractivity contribution >= 4 is 50.5 Å². The van der Waals surface area contributed by atoms with Gasteiger partial charge in [0, 0.05) is 18.7 Å². The second-order valence-corrected chi connectivity index (χ2v) is 8.27. The molecule has 0 unspecified atom stereocenters. The minimum Gasteiger partial charge on any atom is -0.302 e. The summed E-state index contributed by atoms with van der Waals surface area (Å²) in [4.78, 5) is 44.5. The van der Waals surface area contributed by atoms with Crippen LogP contribution in [-0.2, 0) is 11.2 Å². The Morgan fingerprint density at radius 1 is 1.17 bits per heavy atom. The molecule has 9 heteroatoms. The Bertz CT molecular complexity index is 838. The number of carbonyl (C=O) groups excluding carboxylic acids is 3. The van der Waals surface area contributed by atoms with Crippen molar-refractivity contribution in [1.29, 1.82) is 0 Å². The molecule has 0 bridgehead atoms. The number of ketones is 1. The fraction of sp³-hybridized carbons (Fsp3) is 0.400. The van der Waals surface area contributed by atoms with Gasteiger partial charge in [-0.15, -0.1) is 11.3 Å². The predicted molar refractivity (Wildman–Crippen MR) is 92.9 cm³/mol. The Hall–Kier alpha value is -2.13. The van der Waals surface area contributed by atoms with Crippen molar-refractivity contribution in [3.8, 4) is 0 Å². The molecule has 7 nitrogen and oxygen atoms in total. The molecule has 2 aromatic heterocycles. The quantitative estimate of drug-likeness (QED) is 0.872. The zero-order valence-electron chi connectivity index (χ0n) is 13.4. The van der Waals surface area contributed by atoms with Crippen molar-refractivity contribution in [2.45, 2.75) is 33.6 Å². The first kappa shape index (κ1) is 16.7. The molecule has 0 saturated carbocycles. The minimum atomic E-state index is -0.416. The third-order valence-corrected chi connectivity index (χ3v) is 5.29. The molecule has 2 N–H and O–H groups in total. The van der Waals surface area contributed by atoms with Crippen molar-refractivity contribution in [3.05, 3.63) is 21.6 Å². The highest BCUT2D eigenvalue weighted by Crippen LogP contribution is 2.38. The molecule has 3 rings (SSSR count). The number of hydrogen-bond acceptors (Lipinski definition) is 7. The van der Waals surface area contributed by atoms with Gasteiger partial charge in [-0.25, -0.2) is 9.97 Å². The van der Waals surface area contributed by atoms with Crippen LogP contribution in [0.3, 0.4) is 0 Å². The number of Topliss-reactive ketones (excluding diaryl/α,β-unsaturated/α-hetero) is 1. The van der Waals surface area contributed by atoms with Gasteiger partial charge in [-0.2, -0.15) is 0 Å². The van der Waals surface area contributed by atoms with Gasteiger partial charge in [-0.1, -0.05) is 25.2 Å². The van der Waals surface area contributed by atoms with E-state index in [1.165, 1.54) is 29.6 Å². The largest absolute Gasteiger partial charge is 0.302 e. The van der Waals surface area contributed by atoms with Gasteiger partial charge < -0.3 is 5.32 Å². The second-order valence-electron chi connectivity index (χ2n) is 6.41. The lowest BCUT2D eigenvalue weighted by molar-refractivity contribution is -0.114. The van der Waals surface area contributed by atoms with Gasteiger partial charge >= 0.3 is 0 Å². The summed E-state index contributed by atoms with van der Waals surface area (Å²) < 4.78 is 0. The van der Waals surface area contributed by atoms with Crippen LogP contribution in [0.2, 0.25) is 0 Å². The van der Waals surface area contributed by atoms with Crippen LogP contribution in [0.1, 0.15) is 53.0 Å². The summed E-state index contributed by atoms with van der Waals surface area (Å²) in [7, 11) is 0. The molecular weight excluding hydrogens is 348 g/mol. The molecule has 1 aliphatic carbocycles. The van der Waals surface area contributed by atoms with E-state index in [-0.39, 0.29) is 22.8 Å². The Balaban J connectivity index is 1.75. The van der Waals surface area contributed by atoms with Crippen LogP contribution in [0.25, 0.3) is 0 Å². The average molecular weight is 364 g/mol. The average Bonchev–Trinajstić information content (AvgIpc) is 3.03. The van der Waals surface area contributed by atoms with E-state index in [9.17, 15) is 14.4 Å². The smallest absolute Gasteiger partial charge is 0.276 e. The van der Waals surface area contributed by atoms with Crippen LogP contribution in [-0.4, -0.2) is 27.6 Å². The van der Waals surface area contributed by atoms with Crippen molar-refractivity contribution in [2.75, 3.05) is 10.6 Å². The highest BCUT2D eigenvalue weighted by molar-refractivity contribution is 7.18. The van der Waals surface area contributed by atoms with Crippen LogP contribution in [0.4, 0.5) is 10.3 Å². The fourth-order valence-corrected chi connectivity index (χ4v) is 4.17. The van der Waals surface area contributed by atoms with Crippen molar-refractivity contribution in [2.24, 2.45) is 5.41 Å². The van der Waals surface area contributed by atoms with Crippen LogP contribution >= 0.6 is 22.7 Å². The summed E-state index contributed by atoms with van der Waals surface area (Å²) >= 11 is 2.37. The standard InChI is InChI=1S/C15H16N4O3S2/c1-7(20)16-13-18-9(6-23-13)12(22)19-14-17-8-4-15(2,3)5-10(21)11(8)24-14/h6H,4-5H2,1-3H3,(H,16,18,20)(H,17,19,22). The summed E-state index contributed by atoms with van der Waals surface area (Å²) in [5, 5.41) is 7.52. The maximum Gasteiger partial charge on any atom is 0.276 e. The summed E-state index contributed by atoms with van der Waals surface area (Å²) in [6.45, 7) is 5.44. The Morgan fingerprint density at radius 2 is 1.92 bits per heavy atom. The van der Waals surface area contributed by atoms with E-state index in [1.807, 2.05) is 13.8 Å². The number of thiazole rings is 2. The molecule has 24 heavy (non-hydrogen) atoms. The van der Waals surface area contributed by atoms with Gasteiger partial charge in [0.2, 0.25) is 5.91 Å². The fourth-order valence-electron chi connectivity index (χ4n) is 2.52. The summed E-state index contributed by atoms with van der Waals surface area (Å²) in [5.74, 6) is -0.591.